The molecule has 0 bridgehead atoms. The Morgan fingerprint density at radius 1 is 1.33 bits per heavy atom. The molecule has 18 heavy (non-hydrogen) atoms. The van der Waals surface area contributed by atoms with E-state index in [1.165, 1.54) is 0 Å². The first-order valence-electron chi connectivity index (χ1n) is 6.21. The Morgan fingerprint density at radius 2 is 2.00 bits per heavy atom. The summed E-state index contributed by atoms with van der Waals surface area (Å²) in [7, 11) is 0. The van der Waals surface area contributed by atoms with Crippen LogP contribution >= 0.6 is 0 Å². The lowest BCUT2D eigenvalue weighted by Crippen LogP contribution is -2.03. The van der Waals surface area contributed by atoms with E-state index in [0.717, 1.165) is 11.1 Å². The Morgan fingerprint density at radius 3 is 2.56 bits per heavy atom. The van der Waals surface area contributed by atoms with Gasteiger partial charge in [-0.2, -0.15) is 0 Å². The topological polar surface area (TPSA) is 29.5 Å². The third-order valence-electron chi connectivity index (χ3n) is 2.38. The maximum atomic E-state index is 9.70. The van der Waals surface area contributed by atoms with E-state index in [0.29, 0.717) is 12.4 Å². The van der Waals surface area contributed by atoms with E-state index >= 15 is 0 Å². The zero-order valence-electron chi connectivity index (χ0n) is 11.9. The molecule has 0 fully saturated rings. The molecule has 2 heteroatoms. The first-order chi connectivity index (χ1) is 8.29. The Bertz CT molecular complexity index is 456. The van der Waals surface area contributed by atoms with Gasteiger partial charge in [0.05, 0.1) is 6.10 Å². The van der Waals surface area contributed by atoms with E-state index in [4.69, 9.17) is 4.74 Å². The van der Waals surface area contributed by atoms with Crippen molar-refractivity contribution in [2.24, 2.45) is 5.41 Å². The molecule has 0 aromatic heterocycles. The highest BCUT2D eigenvalue weighted by Crippen LogP contribution is 2.26. The predicted molar refractivity (Wildman–Crippen MR) is 74.5 cm³/mol. The van der Waals surface area contributed by atoms with Gasteiger partial charge in [0, 0.05) is 11.0 Å². The number of ether oxygens (including phenoxy) is 1. The molecule has 1 rings (SSSR count). The summed E-state index contributed by atoms with van der Waals surface area (Å²) in [5, 5.41) is 9.70. The summed E-state index contributed by atoms with van der Waals surface area (Å²) in [6.45, 7) is 10.3. The maximum absolute atomic E-state index is 9.70. The van der Waals surface area contributed by atoms with Crippen molar-refractivity contribution in [2.75, 3.05) is 6.61 Å². The molecule has 0 spiro atoms. The van der Waals surface area contributed by atoms with Crippen LogP contribution in [0.1, 0.15) is 44.9 Å². The zero-order valence-corrected chi connectivity index (χ0v) is 11.9. The fraction of sp³-hybridized carbons (Fsp3) is 0.500. The van der Waals surface area contributed by atoms with Crippen molar-refractivity contribution in [1.29, 1.82) is 0 Å². The summed E-state index contributed by atoms with van der Waals surface area (Å²) in [5.41, 5.74) is 1.91. The molecule has 0 heterocycles. The van der Waals surface area contributed by atoms with Gasteiger partial charge in [0.1, 0.15) is 12.4 Å². The first kappa shape index (κ1) is 14.6. The quantitative estimate of drug-likeness (QED) is 0.827. The molecule has 1 unspecified atom stereocenters. The summed E-state index contributed by atoms with van der Waals surface area (Å²) in [4.78, 5) is 0. The lowest BCUT2D eigenvalue weighted by Gasteiger charge is -2.13. The highest BCUT2D eigenvalue weighted by molar-refractivity contribution is 5.38. The van der Waals surface area contributed by atoms with Crippen molar-refractivity contribution >= 4 is 0 Å². The molecular formula is C16H22O2. The summed E-state index contributed by atoms with van der Waals surface area (Å²) in [6, 6.07) is 5.80. The lowest BCUT2D eigenvalue weighted by molar-refractivity contribution is 0.193. The van der Waals surface area contributed by atoms with E-state index in [1.54, 1.807) is 6.92 Å². The smallest absolute Gasteiger partial charge is 0.149 e. The molecule has 98 valence electrons. The van der Waals surface area contributed by atoms with Gasteiger partial charge in [0.25, 0.3) is 0 Å². The predicted octanol–water partition coefficient (Wildman–Crippen LogP) is 3.48. The van der Waals surface area contributed by atoms with Crippen LogP contribution in [0.4, 0.5) is 0 Å². The second kappa shape index (κ2) is 5.93. The van der Waals surface area contributed by atoms with E-state index in [1.807, 2.05) is 25.1 Å². The van der Waals surface area contributed by atoms with Crippen LogP contribution < -0.4 is 4.74 Å². The van der Waals surface area contributed by atoms with Gasteiger partial charge in [0.2, 0.25) is 0 Å². The number of hydrogen-bond donors (Lipinski definition) is 1. The molecule has 0 saturated carbocycles. The number of rotatable bonds is 3. The van der Waals surface area contributed by atoms with Crippen LogP contribution in [0.25, 0.3) is 0 Å². The Kier molecular flexibility index (Phi) is 4.81. The van der Waals surface area contributed by atoms with Crippen LogP contribution in [-0.2, 0) is 0 Å². The average molecular weight is 246 g/mol. The maximum Gasteiger partial charge on any atom is 0.149 e. The van der Waals surface area contributed by atoms with E-state index in [2.05, 4.69) is 32.6 Å². The zero-order chi connectivity index (χ0) is 13.8. The third kappa shape index (κ3) is 4.81. The van der Waals surface area contributed by atoms with Crippen molar-refractivity contribution in [3.8, 4) is 17.6 Å². The number of aryl methyl sites for hydroxylation is 1. The minimum atomic E-state index is -0.532. The van der Waals surface area contributed by atoms with Gasteiger partial charge in [-0.15, -0.1) is 0 Å². The lowest BCUT2D eigenvalue weighted by atomic mass is 9.98. The number of aliphatic hydroxyl groups excluding tert-OH is 1. The monoisotopic (exact) mass is 246 g/mol. The van der Waals surface area contributed by atoms with E-state index < -0.39 is 6.10 Å². The summed E-state index contributed by atoms with van der Waals surface area (Å²) < 4.78 is 5.62. The number of aliphatic hydroxyl groups is 1. The molecule has 2 nitrogen and oxygen atoms in total. The summed E-state index contributed by atoms with van der Waals surface area (Å²) in [6.07, 6.45) is -0.532. The molecule has 1 N–H and O–H groups in total. The van der Waals surface area contributed by atoms with Crippen LogP contribution in [0, 0.1) is 24.2 Å². The van der Waals surface area contributed by atoms with Gasteiger partial charge < -0.3 is 9.84 Å². The van der Waals surface area contributed by atoms with Gasteiger partial charge in [-0.3, -0.25) is 0 Å². The van der Waals surface area contributed by atoms with Gasteiger partial charge in [-0.05, 0) is 46.8 Å². The SMILES string of the molecule is Cc1ccc(OCC#CC(C)(C)C)c(C(C)O)c1. The van der Waals surface area contributed by atoms with Crippen molar-refractivity contribution in [3.05, 3.63) is 29.3 Å². The van der Waals surface area contributed by atoms with Gasteiger partial charge in [0.15, 0.2) is 0 Å². The summed E-state index contributed by atoms with van der Waals surface area (Å²) >= 11 is 0. The Labute approximate surface area is 110 Å². The minimum absolute atomic E-state index is 0.0102. The Hall–Kier alpha value is -1.46. The molecule has 1 atom stereocenters. The van der Waals surface area contributed by atoms with Gasteiger partial charge >= 0.3 is 0 Å². The molecule has 0 amide bonds. The van der Waals surface area contributed by atoms with Crippen molar-refractivity contribution in [1.82, 2.24) is 0 Å². The molecule has 0 aliphatic rings. The van der Waals surface area contributed by atoms with Gasteiger partial charge in [-0.1, -0.05) is 23.5 Å². The van der Waals surface area contributed by atoms with Crippen molar-refractivity contribution < 1.29 is 9.84 Å². The highest BCUT2D eigenvalue weighted by Gasteiger charge is 2.09. The van der Waals surface area contributed by atoms with Crippen LogP contribution in [0.5, 0.6) is 5.75 Å². The van der Waals surface area contributed by atoms with Crippen LogP contribution in [0.3, 0.4) is 0 Å². The van der Waals surface area contributed by atoms with Crippen LogP contribution in [-0.4, -0.2) is 11.7 Å². The minimum Gasteiger partial charge on any atom is -0.481 e. The number of hydrogen-bond acceptors (Lipinski definition) is 2. The molecule has 0 radical (unpaired) electrons. The fourth-order valence-electron chi connectivity index (χ4n) is 1.54. The van der Waals surface area contributed by atoms with Crippen LogP contribution in [0.2, 0.25) is 0 Å². The fourth-order valence-corrected chi connectivity index (χ4v) is 1.54. The second-order valence-corrected chi connectivity index (χ2v) is 5.56. The Balaban J connectivity index is 2.75. The molecular weight excluding hydrogens is 224 g/mol. The standard InChI is InChI=1S/C16H22O2/c1-12-7-8-15(14(11-12)13(2)17)18-10-6-9-16(3,4)5/h7-8,11,13,17H,10H2,1-5H3. The molecule has 1 aromatic carbocycles. The molecule has 1 aromatic rings. The average Bonchev–Trinajstić information content (AvgIpc) is 2.24. The molecule has 0 aliphatic heterocycles. The van der Waals surface area contributed by atoms with E-state index in [9.17, 15) is 5.11 Å². The van der Waals surface area contributed by atoms with Crippen molar-refractivity contribution in [3.63, 3.8) is 0 Å². The highest BCUT2D eigenvalue weighted by atomic mass is 16.5. The van der Waals surface area contributed by atoms with Crippen LogP contribution in [0.15, 0.2) is 18.2 Å². The normalized spacial score (nSPS) is 12.6. The molecule has 0 aliphatic carbocycles. The largest absolute Gasteiger partial charge is 0.481 e. The second-order valence-electron chi connectivity index (χ2n) is 5.56. The van der Waals surface area contributed by atoms with Crippen molar-refractivity contribution in [2.45, 2.75) is 40.7 Å². The third-order valence-corrected chi connectivity index (χ3v) is 2.38. The van der Waals surface area contributed by atoms with Gasteiger partial charge in [-0.25, -0.2) is 0 Å². The summed E-state index contributed by atoms with van der Waals surface area (Å²) in [5.74, 6) is 6.82. The molecule has 0 saturated heterocycles. The first-order valence-corrected chi connectivity index (χ1v) is 6.21. The number of benzene rings is 1. The van der Waals surface area contributed by atoms with E-state index in [-0.39, 0.29) is 5.41 Å².